The van der Waals surface area contributed by atoms with Gasteiger partial charge in [0.25, 0.3) is 17.5 Å². The maximum absolute atomic E-state index is 12.8. The SMILES string of the molecule is O=C(NC(=S)Nc1ccc(N2Cc3ccccc3C2=O)cc1)c1ccc(N2CCCCC2)c([N+](=O)[O-])c1. The molecule has 37 heavy (non-hydrogen) atoms. The lowest BCUT2D eigenvalue weighted by Gasteiger charge is -2.28. The first-order valence-corrected chi connectivity index (χ1v) is 12.5. The van der Waals surface area contributed by atoms with Gasteiger partial charge in [0.15, 0.2) is 5.11 Å². The minimum absolute atomic E-state index is 0.0421. The molecule has 0 aromatic heterocycles. The second-order valence-electron chi connectivity index (χ2n) is 9.01. The highest BCUT2D eigenvalue weighted by molar-refractivity contribution is 7.80. The quantitative estimate of drug-likeness (QED) is 0.283. The van der Waals surface area contributed by atoms with E-state index in [4.69, 9.17) is 12.2 Å². The Morgan fingerprint density at radius 2 is 1.70 bits per heavy atom. The highest BCUT2D eigenvalue weighted by Gasteiger charge is 2.28. The van der Waals surface area contributed by atoms with Gasteiger partial charge in [-0.25, -0.2) is 0 Å². The molecular formula is C27H25N5O4S. The van der Waals surface area contributed by atoms with Crippen molar-refractivity contribution in [1.82, 2.24) is 5.32 Å². The average Bonchev–Trinajstić information content (AvgIpc) is 3.25. The number of carbonyl (C=O) groups excluding carboxylic acids is 2. The van der Waals surface area contributed by atoms with Gasteiger partial charge in [0.05, 0.1) is 11.5 Å². The van der Waals surface area contributed by atoms with Gasteiger partial charge >= 0.3 is 0 Å². The van der Waals surface area contributed by atoms with Gasteiger partial charge < -0.3 is 15.1 Å². The number of fused-ring (bicyclic) bond motifs is 1. The van der Waals surface area contributed by atoms with Crippen molar-refractivity contribution in [2.24, 2.45) is 0 Å². The van der Waals surface area contributed by atoms with Gasteiger partial charge in [-0.15, -0.1) is 0 Å². The summed E-state index contributed by atoms with van der Waals surface area (Å²) in [4.78, 5) is 40.4. The van der Waals surface area contributed by atoms with E-state index in [9.17, 15) is 19.7 Å². The number of rotatable bonds is 5. The van der Waals surface area contributed by atoms with E-state index in [1.54, 1.807) is 41.3 Å². The van der Waals surface area contributed by atoms with Crippen LogP contribution in [0.5, 0.6) is 0 Å². The van der Waals surface area contributed by atoms with Crippen LogP contribution in [0.15, 0.2) is 66.7 Å². The van der Waals surface area contributed by atoms with Gasteiger partial charge in [-0.05, 0) is 79.5 Å². The number of amides is 2. The van der Waals surface area contributed by atoms with Crippen molar-refractivity contribution in [1.29, 1.82) is 0 Å². The van der Waals surface area contributed by atoms with Gasteiger partial charge in [0.2, 0.25) is 0 Å². The molecule has 2 heterocycles. The Morgan fingerprint density at radius 1 is 0.973 bits per heavy atom. The molecular weight excluding hydrogens is 490 g/mol. The lowest BCUT2D eigenvalue weighted by molar-refractivity contribution is -0.384. The van der Waals surface area contributed by atoms with Gasteiger partial charge in [-0.3, -0.25) is 25.0 Å². The van der Waals surface area contributed by atoms with Gasteiger partial charge in [0, 0.05) is 41.7 Å². The van der Waals surface area contributed by atoms with Gasteiger partial charge in [-0.1, -0.05) is 18.2 Å². The number of anilines is 3. The van der Waals surface area contributed by atoms with Crippen molar-refractivity contribution in [3.05, 3.63) is 93.5 Å². The van der Waals surface area contributed by atoms with Crippen molar-refractivity contribution < 1.29 is 14.5 Å². The minimum atomic E-state index is -0.539. The molecule has 0 spiro atoms. The normalized spacial score (nSPS) is 14.8. The van der Waals surface area contributed by atoms with Gasteiger partial charge in [-0.2, -0.15) is 0 Å². The summed E-state index contributed by atoms with van der Waals surface area (Å²) in [6.45, 7) is 2.04. The lowest BCUT2D eigenvalue weighted by atomic mass is 10.1. The topological polar surface area (TPSA) is 108 Å². The molecule has 0 bridgehead atoms. The van der Waals surface area contributed by atoms with Gasteiger partial charge in [0.1, 0.15) is 5.69 Å². The molecule has 1 saturated heterocycles. The van der Waals surface area contributed by atoms with E-state index in [1.165, 1.54) is 6.07 Å². The molecule has 0 radical (unpaired) electrons. The van der Waals surface area contributed by atoms with Crippen LogP contribution in [0.3, 0.4) is 0 Å². The number of benzene rings is 3. The fourth-order valence-corrected chi connectivity index (χ4v) is 4.95. The number of thiocarbonyl (C=S) groups is 1. The Morgan fingerprint density at radius 3 is 2.41 bits per heavy atom. The van der Waals surface area contributed by atoms with E-state index in [-0.39, 0.29) is 22.3 Å². The Hall–Kier alpha value is -4.31. The molecule has 2 aliphatic heterocycles. The number of hydrogen-bond donors (Lipinski definition) is 2. The number of carbonyl (C=O) groups is 2. The highest BCUT2D eigenvalue weighted by Crippen LogP contribution is 2.32. The van der Waals surface area contributed by atoms with E-state index >= 15 is 0 Å². The molecule has 0 aliphatic carbocycles. The van der Waals surface area contributed by atoms with Crippen LogP contribution in [0.2, 0.25) is 0 Å². The molecule has 3 aromatic carbocycles. The summed E-state index contributed by atoms with van der Waals surface area (Å²) >= 11 is 5.28. The molecule has 2 aliphatic rings. The van der Waals surface area contributed by atoms with Crippen LogP contribution < -0.4 is 20.4 Å². The summed E-state index contributed by atoms with van der Waals surface area (Å²) in [5, 5.41) is 17.3. The molecule has 0 unspecified atom stereocenters. The summed E-state index contributed by atoms with van der Waals surface area (Å²) in [7, 11) is 0. The van der Waals surface area contributed by atoms with Crippen LogP contribution in [0.4, 0.5) is 22.7 Å². The standard InChI is InChI=1S/C27H25N5O4S/c33-25(18-8-13-23(24(16-18)32(35)36)30-14-4-1-5-15-30)29-27(37)28-20-9-11-21(12-10-20)31-17-19-6-2-3-7-22(19)26(31)34/h2-3,6-13,16H,1,4-5,14-15,17H2,(H2,28,29,33,37). The van der Waals surface area contributed by atoms with E-state index < -0.39 is 10.8 Å². The monoisotopic (exact) mass is 515 g/mol. The van der Waals surface area contributed by atoms with Crippen LogP contribution in [-0.2, 0) is 6.54 Å². The molecule has 188 valence electrons. The van der Waals surface area contributed by atoms with Crippen LogP contribution in [0, 0.1) is 10.1 Å². The molecule has 3 aromatic rings. The first-order chi connectivity index (χ1) is 17.9. The lowest BCUT2D eigenvalue weighted by Crippen LogP contribution is -2.34. The first-order valence-electron chi connectivity index (χ1n) is 12.1. The summed E-state index contributed by atoms with van der Waals surface area (Å²) in [6.07, 6.45) is 3.09. The molecule has 2 amide bonds. The summed E-state index contributed by atoms with van der Waals surface area (Å²) in [5.41, 5.74) is 3.66. The number of nitro groups is 1. The zero-order valence-corrected chi connectivity index (χ0v) is 20.8. The first kappa shape index (κ1) is 24.4. The number of piperidine rings is 1. The minimum Gasteiger partial charge on any atom is -0.366 e. The van der Waals surface area contributed by atoms with Crippen molar-refractivity contribution in [3.8, 4) is 0 Å². The Balaban J connectivity index is 1.22. The molecule has 2 N–H and O–H groups in total. The van der Waals surface area contributed by atoms with Crippen LogP contribution in [-0.4, -0.2) is 34.9 Å². The third-order valence-corrected chi connectivity index (χ3v) is 6.82. The van der Waals surface area contributed by atoms with E-state index in [2.05, 4.69) is 10.6 Å². The molecule has 9 nitrogen and oxygen atoms in total. The van der Waals surface area contributed by atoms with E-state index in [0.29, 0.717) is 23.5 Å². The molecule has 0 atom stereocenters. The van der Waals surface area contributed by atoms with Crippen molar-refractivity contribution in [3.63, 3.8) is 0 Å². The molecule has 1 fully saturated rings. The largest absolute Gasteiger partial charge is 0.366 e. The van der Waals surface area contributed by atoms with Crippen LogP contribution in [0.25, 0.3) is 0 Å². The predicted molar refractivity (Wildman–Crippen MR) is 146 cm³/mol. The van der Waals surface area contributed by atoms with Crippen LogP contribution >= 0.6 is 12.2 Å². The third kappa shape index (κ3) is 5.14. The number of nitrogens with one attached hydrogen (secondary N) is 2. The van der Waals surface area contributed by atoms with E-state index in [1.807, 2.05) is 29.2 Å². The summed E-state index contributed by atoms with van der Waals surface area (Å²) < 4.78 is 0. The zero-order valence-electron chi connectivity index (χ0n) is 20.0. The summed E-state index contributed by atoms with van der Waals surface area (Å²) in [6, 6.07) is 19.2. The zero-order chi connectivity index (χ0) is 25.9. The Kier molecular flexibility index (Phi) is 6.82. The fourth-order valence-electron chi connectivity index (χ4n) is 4.74. The molecule has 5 rings (SSSR count). The molecule has 10 heteroatoms. The van der Waals surface area contributed by atoms with E-state index in [0.717, 1.165) is 43.6 Å². The van der Waals surface area contributed by atoms with Crippen LogP contribution in [0.1, 0.15) is 45.5 Å². The Labute approximate surface area is 219 Å². The maximum atomic E-state index is 12.8. The number of hydrogen-bond acceptors (Lipinski definition) is 6. The molecule has 0 saturated carbocycles. The summed E-state index contributed by atoms with van der Waals surface area (Å²) in [5.74, 6) is -0.581. The predicted octanol–water partition coefficient (Wildman–Crippen LogP) is 4.87. The number of nitro benzene ring substituents is 1. The van der Waals surface area contributed by atoms with Crippen molar-refractivity contribution in [2.45, 2.75) is 25.8 Å². The smallest absolute Gasteiger partial charge is 0.293 e. The highest BCUT2D eigenvalue weighted by atomic mass is 32.1. The second kappa shape index (κ2) is 10.4. The van der Waals surface area contributed by atoms with Crippen molar-refractivity contribution >= 4 is 51.9 Å². The van der Waals surface area contributed by atoms with Crippen molar-refractivity contribution in [2.75, 3.05) is 28.2 Å². The number of nitrogens with zero attached hydrogens (tertiary/aromatic N) is 3. The maximum Gasteiger partial charge on any atom is 0.293 e. The Bertz CT molecular complexity index is 1390. The average molecular weight is 516 g/mol. The second-order valence-corrected chi connectivity index (χ2v) is 9.42. The third-order valence-electron chi connectivity index (χ3n) is 6.62. The fraction of sp³-hybridized carbons (Fsp3) is 0.222.